The number of amides is 4. The van der Waals surface area contributed by atoms with Crippen molar-refractivity contribution in [1.29, 1.82) is 0 Å². The van der Waals surface area contributed by atoms with Gasteiger partial charge in [0.2, 0.25) is 19.8 Å². The number of carbonyl (C=O) groups is 4. The van der Waals surface area contributed by atoms with Crippen molar-refractivity contribution >= 4 is 77.7 Å². The zero-order valence-electron chi connectivity index (χ0n) is 18.6. The first-order valence-electron chi connectivity index (χ1n) is 10.7. The summed E-state index contributed by atoms with van der Waals surface area (Å²) < 4.78 is 30.2. The Hall–Kier alpha value is -3.07. The van der Waals surface area contributed by atoms with Crippen LogP contribution < -0.4 is 16.2 Å². The van der Waals surface area contributed by atoms with Gasteiger partial charge in [0.25, 0.3) is 11.8 Å². The van der Waals surface area contributed by atoms with Crippen molar-refractivity contribution in [2.75, 3.05) is 0 Å². The summed E-state index contributed by atoms with van der Waals surface area (Å²) >= 11 is 5.77. The fourth-order valence-corrected chi connectivity index (χ4v) is 4.58. The quantitative estimate of drug-likeness (QED) is 0.445. The van der Waals surface area contributed by atoms with Crippen LogP contribution in [0, 0.1) is 0 Å². The first-order valence-corrected chi connectivity index (χ1v) is 11.0. The maximum Gasteiger partial charge on any atom is 0.347 e. The SMILES string of the molecule is [B]c1cc(Cl)cc([B])c1C(F)(F)C(=O)N([B])C([B])c1ccc2c(c1)CN(C1CCC(=O)NC1=O)C2=O. The monoisotopic (exact) mass is 501 g/mol. The summed E-state index contributed by atoms with van der Waals surface area (Å²) in [7, 11) is 23.0. The van der Waals surface area contributed by atoms with Gasteiger partial charge >= 0.3 is 5.92 Å². The molecule has 4 rings (SSSR count). The molecule has 2 heterocycles. The predicted molar refractivity (Wildman–Crippen MR) is 130 cm³/mol. The maximum absolute atomic E-state index is 15.1. The summed E-state index contributed by atoms with van der Waals surface area (Å²) in [6.45, 7) is 0.0214. The molecule has 0 aromatic heterocycles. The third kappa shape index (κ3) is 4.45. The van der Waals surface area contributed by atoms with E-state index in [0.717, 1.165) is 12.1 Å². The third-order valence-electron chi connectivity index (χ3n) is 6.17. The van der Waals surface area contributed by atoms with Crippen LogP contribution in [0.3, 0.4) is 0 Å². The van der Waals surface area contributed by atoms with Crippen molar-refractivity contribution in [1.82, 2.24) is 15.0 Å². The Morgan fingerprint density at radius 3 is 2.42 bits per heavy atom. The molecule has 1 N–H and O–H groups in total. The van der Waals surface area contributed by atoms with Gasteiger partial charge in [-0.1, -0.05) is 46.8 Å². The Bertz CT molecular complexity index is 1290. The van der Waals surface area contributed by atoms with Crippen LogP contribution in [-0.4, -0.2) is 70.9 Å². The summed E-state index contributed by atoms with van der Waals surface area (Å²) in [6.07, 6.45) is 0.266. The van der Waals surface area contributed by atoms with E-state index < -0.39 is 58.0 Å². The highest BCUT2D eigenvalue weighted by molar-refractivity contribution is 6.43. The van der Waals surface area contributed by atoms with Crippen LogP contribution >= 0.6 is 11.6 Å². The number of nitrogens with one attached hydrogen (secondary N) is 1. The first-order chi connectivity index (χ1) is 16.8. The standard InChI is InChI=1S/C22H14B4ClF2N3O4/c23-13-6-11(27)7-14(24)17(13)22(28,29)21(36)32(26)18(25)9-1-2-12-10(5-9)8-31(20(12)35)15-3-4-16(33)30-19(15)34/h1-2,5-7,15,18H,3-4,8H2,(H,30,33,34). The van der Waals surface area contributed by atoms with E-state index >= 15 is 8.78 Å². The zero-order chi connectivity index (χ0) is 26.5. The second-order valence-corrected chi connectivity index (χ2v) is 8.94. The van der Waals surface area contributed by atoms with Gasteiger partial charge in [-0.05, 0) is 23.6 Å². The van der Waals surface area contributed by atoms with Gasteiger partial charge in [0.1, 0.15) is 29.6 Å². The molecule has 2 unspecified atom stereocenters. The first kappa shape index (κ1) is 26.0. The van der Waals surface area contributed by atoms with Crippen LogP contribution in [0.25, 0.3) is 0 Å². The highest BCUT2D eigenvalue weighted by Crippen LogP contribution is 2.33. The van der Waals surface area contributed by atoms with Crippen LogP contribution in [0.5, 0.6) is 0 Å². The summed E-state index contributed by atoms with van der Waals surface area (Å²) in [5.41, 5.74) is -1.04. The van der Waals surface area contributed by atoms with Crippen molar-refractivity contribution < 1.29 is 28.0 Å². The van der Waals surface area contributed by atoms with Crippen LogP contribution in [-0.2, 0) is 26.9 Å². The molecule has 0 saturated carbocycles. The van der Waals surface area contributed by atoms with Gasteiger partial charge in [0.05, 0.1) is 0 Å². The lowest BCUT2D eigenvalue weighted by molar-refractivity contribution is -0.154. The average Bonchev–Trinajstić information content (AvgIpc) is 3.12. The normalized spacial score (nSPS) is 18.6. The number of hydrogen-bond donors (Lipinski definition) is 1. The fraction of sp³-hybridized carbons (Fsp3) is 0.273. The van der Waals surface area contributed by atoms with Crippen molar-refractivity contribution in [3.63, 3.8) is 0 Å². The number of halogens is 3. The van der Waals surface area contributed by atoms with Crippen molar-refractivity contribution in [3.8, 4) is 0 Å². The number of imide groups is 1. The molecule has 8 radical (unpaired) electrons. The van der Waals surface area contributed by atoms with E-state index in [1.165, 1.54) is 23.1 Å². The minimum Gasteiger partial charge on any atom is -0.393 e. The van der Waals surface area contributed by atoms with E-state index in [2.05, 4.69) is 5.32 Å². The molecule has 2 aromatic rings. The van der Waals surface area contributed by atoms with Gasteiger partial charge in [-0.25, -0.2) is 0 Å². The largest absolute Gasteiger partial charge is 0.393 e. The molecule has 0 bridgehead atoms. The van der Waals surface area contributed by atoms with E-state index in [4.69, 9.17) is 43.1 Å². The molecule has 0 spiro atoms. The summed E-state index contributed by atoms with van der Waals surface area (Å²) in [5, 5.41) is 2.21. The minimum absolute atomic E-state index is 0.0114. The Kier molecular flexibility index (Phi) is 6.81. The third-order valence-corrected chi connectivity index (χ3v) is 6.39. The van der Waals surface area contributed by atoms with Gasteiger partial charge in [0.15, 0.2) is 0 Å². The molecule has 174 valence electrons. The predicted octanol–water partition coefficient (Wildman–Crippen LogP) is -0.440. The highest BCUT2D eigenvalue weighted by Gasteiger charge is 2.45. The zero-order valence-corrected chi connectivity index (χ0v) is 19.4. The van der Waals surface area contributed by atoms with Crippen LogP contribution in [0.15, 0.2) is 30.3 Å². The molecule has 2 aliphatic heterocycles. The Morgan fingerprint density at radius 1 is 1.17 bits per heavy atom. The Balaban J connectivity index is 1.56. The summed E-state index contributed by atoms with van der Waals surface area (Å²) in [6, 6.07) is 5.44. The fourth-order valence-electron chi connectivity index (χ4n) is 4.35. The molecular weight excluding hydrogens is 487 g/mol. The van der Waals surface area contributed by atoms with Crippen molar-refractivity contribution in [2.45, 2.75) is 37.3 Å². The van der Waals surface area contributed by atoms with E-state index in [1.54, 1.807) is 0 Å². The molecule has 36 heavy (non-hydrogen) atoms. The van der Waals surface area contributed by atoms with Crippen molar-refractivity contribution in [2.24, 2.45) is 0 Å². The molecule has 2 atom stereocenters. The summed E-state index contributed by atoms with van der Waals surface area (Å²) in [5.74, 6) is -9.03. The lowest BCUT2D eigenvalue weighted by atomic mass is 9.77. The van der Waals surface area contributed by atoms with Gasteiger partial charge < -0.3 is 9.71 Å². The van der Waals surface area contributed by atoms with Crippen LogP contribution in [0.2, 0.25) is 5.02 Å². The van der Waals surface area contributed by atoms with Gasteiger partial charge in [-0.15, -0.1) is 0 Å². The highest BCUT2D eigenvalue weighted by atomic mass is 35.5. The second kappa shape index (κ2) is 9.42. The number of benzene rings is 2. The lowest BCUT2D eigenvalue weighted by Crippen LogP contribution is -2.52. The van der Waals surface area contributed by atoms with Gasteiger partial charge in [-0.3, -0.25) is 24.5 Å². The molecular formula is C22H14B4ClF2N3O4. The minimum atomic E-state index is -4.22. The van der Waals surface area contributed by atoms with E-state index in [1.807, 2.05) is 0 Å². The second-order valence-electron chi connectivity index (χ2n) is 8.51. The van der Waals surface area contributed by atoms with Gasteiger partial charge in [-0.2, -0.15) is 8.78 Å². The number of piperidine rings is 1. The lowest BCUT2D eigenvalue weighted by Gasteiger charge is -2.32. The van der Waals surface area contributed by atoms with Crippen LogP contribution in [0.1, 0.15) is 45.8 Å². The van der Waals surface area contributed by atoms with Crippen molar-refractivity contribution in [3.05, 3.63) is 57.6 Å². The number of carbonyl (C=O) groups excluding carboxylic acids is 4. The molecule has 4 amide bonds. The molecule has 1 saturated heterocycles. The van der Waals surface area contributed by atoms with Crippen LogP contribution in [0.4, 0.5) is 8.78 Å². The summed E-state index contributed by atoms with van der Waals surface area (Å²) in [4.78, 5) is 50.6. The Morgan fingerprint density at radius 2 is 1.81 bits per heavy atom. The molecule has 0 aliphatic carbocycles. The number of alkyl halides is 2. The molecule has 2 aromatic carbocycles. The molecule has 7 nitrogen and oxygen atoms in total. The molecule has 2 aliphatic rings. The van der Waals surface area contributed by atoms with E-state index in [0.29, 0.717) is 5.56 Å². The molecule has 1 fully saturated rings. The topological polar surface area (TPSA) is 86.8 Å². The number of nitrogens with zero attached hydrogens (tertiary/aromatic N) is 2. The molecule has 14 heteroatoms. The Labute approximate surface area is 215 Å². The number of fused-ring (bicyclic) bond motifs is 1. The van der Waals surface area contributed by atoms with E-state index in [9.17, 15) is 19.2 Å². The number of hydrogen-bond acceptors (Lipinski definition) is 4. The van der Waals surface area contributed by atoms with Gasteiger partial charge in [0, 0.05) is 35.1 Å². The average molecular weight is 501 g/mol. The maximum atomic E-state index is 15.1. The smallest absolute Gasteiger partial charge is 0.347 e. The number of rotatable bonds is 5. The van der Waals surface area contributed by atoms with E-state index in [-0.39, 0.29) is 40.3 Å².